The van der Waals surface area contributed by atoms with Crippen molar-refractivity contribution in [3.8, 4) is 11.4 Å². The van der Waals surface area contributed by atoms with E-state index in [9.17, 15) is 4.79 Å². The average Bonchev–Trinajstić information content (AvgIpc) is 2.96. The maximum atomic E-state index is 11.1. The molecule has 1 aromatic carbocycles. The Balaban J connectivity index is 1.85. The number of hydrogen-bond acceptors (Lipinski definition) is 2. The van der Waals surface area contributed by atoms with E-state index in [-0.39, 0.29) is 12.0 Å². The molecule has 1 aromatic heterocycles. The fourth-order valence-corrected chi connectivity index (χ4v) is 3.58. The summed E-state index contributed by atoms with van der Waals surface area (Å²) in [6, 6.07) is 5.63. The van der Waals surface area contributed by atoms with E-state index in [0.717, 1.165) is 24.2 Å². The third kappa shape index (κ3) is 2.99. The Morgan fingerprint density at radius 1 is 1.23 bits per heavy atom. The second-order valence-electron chi connectivity index (χ2n) is 5.63. The van der Waals surface area contributed by atoms with Gasteiger partial charge >= 0.3 is 5.97 Å². The van der Waals surface area contributed by atoms with Crippen LogP contribution in [0.5, 0.6) is 0 Å². The quantitative estimate of drug-likeness (QED) is 0.884. The zero-order chi connectivity index (χ0) is 15.7. The lowest BCUT2D eigenvalue weighted by Crippen LogP contribution is -2.23. The van der Waals surface area contributed by atoms with E-state index in [4.69, 9.17) is 28.3 Å². The Labute approximate surface area is 138 Å². The number of carboxylic acids is 1. The second kappa shape index (κ2) is 6.31. The monoisotopic (exact) mass is 338 g/mol. The molecule has 22 heavy (non-hydrogen) atoms. The summed E-state index contributed by atoms with van der Waals surface area (Å²) < 4.78 is 2.10. The number of aromatic nitrogens is 2. The summed E-state index contributed by atoms with van der Waals surface area (Å²) in [5.41, 5.74) is 0.844. The number of hydrogen-bond donors (Lipinski definition) is 1. The molecule has 2 aromatic rings. The molecular formula is C16H16Cl2N2O2. The van der Waals surface area contributed by atoms with Crippen LogP contribution in [0.3, 0.4) is 0 Å². The Morgan fingerprint density at radius 3 is 2.59 bits per heavy atom. The molecule has 4 nitrogen and oxygen atoms in total. The second-order valence-corrected chi connectivity index (χ2v) is 6.47. The van der Waals surface area contributed by atoms with E-state index in [1.165, 1.54) is 0 Å². The first-order chi connectivity index (χ1) is 10.6. The van der Waals surface area contributed by atoms with Crippen molar-refractivity contribution in [3.63, 3.8) is 0 Å². The molecule has 0 amide bonds. The first kappa shape index (κ1) is 15.4. The highest BCUT2D eigenvalue weighted by molar-refractivity contribution is 6.36. The van der Waals surface area contributed by atoms with Crippen molar-refractivity contribution in [2.45, 2.75) is 31.7 Å². The number of nitrogens with zero attached hydrogens (tertiary/aromatic N) is 2. The maximum absolute atomic E-state index is 11.1. The first-order valence-corrected chi connectivity index (χ1v) is 8.03. The molecule has 1 aliphatic rings. The number of benzene rings is 1. The molecule has 0 spiro atoms. The van der Waals surface area contributed by atoms with Crippen molar-refractivity contribution in [1.82, 2.24) is 9.55 Å². The van der Waals surface area contributed by atoms with Crippen molar-refractivity contribution in [1.29, 1.82) is 0 Å². The van der Waals surface area contributed by atoms with Gasteiger partial charge in [0.25, 0.3) is 0 Å². The number of halogens is 2. The average molecular weight is 339 g/mol. The summed E-state index contributed by atoms with van der Waals surface area (Å²) in [7, 11) is 0. The summed E-state index contributed by atoms with van der Waals surface area (Å²) >= 11 is 12.2. The van der Waals surface area contributed by atoms with Gasteiger partial charge in [-0.15, -0.1) is 0 Å². The minimum atomic E-state index is -0.690. The minimum absolute atomic E-state index is 0.220. The van der Waals surface area contributed by atoms with E-state index in [1.54, 1.807) is 18.3 Å². The molecule has 0 atom stereocenters. The van der Waals surface area contributed by atoms with E-state index in [0.29, 0.717) is 22.9 Å². The highest BCUT2D eigenvalue weighted by atomic mass is 35.5. The lowest BCUT2D eigenvalue weighted by molar-refractivity contribution is -0.143. The lowest BCUT2D eigenvalue weighted by Gasteiger charge is -2.28. The van der Waals surface area contributed by atoms with Gasteiger partial charge in [0.2, 0.25) is 0 Å². The molecule has 0 bridgehead atoms. The fourth-order valence-electron chi connectivity index (χ4n) is 3.09. The summed E-state index contributed by atoms with van der Waals surface area (Å²) in [4.78, 5) is 15.5. The van der Waals surface area contributed by atoms with Crippen molar-refractivity contribution >= 4 is 29.2 Å². The molecule has 0 radical (unpaired) electrons. The van der Waals surface area contributed by atoms with Crippen LogP contribution in [0.2, 0.25) is 10.0 Å². The highest BCUT2D eigenvalue weighted by Crippen LogP contribution is 2.36. The smallest absolute Gasteiger partial charge is 0.306 e. The predicted molar refractivity (Wildman–Crippen MR) is 86.3 cm³/mol. The maximum Gasteiger partial charge on any atom is 0.306 e. The summed E-state index contributed by atoms with van der Waals surface area (Å²) in [5, 5.41) is 10.3. The van der Waals surface area contributed by atoms with Gasteiger partial charge in [-0.2, -0.15) is 0 Å². The highest BCUT2D eigenvalue weighted by Gasteiger charge is 2.28. The molecule has 116 valence electrons. The zero-order valence-corrected chi connectivity index (χ0v) is 13.4. The molecule has 6 heteroatoms. The molecule has 1 fully saturated rings. The molecule has 1 saturated carbocycles. The van der Waals surface area contributed by atoms with Gasteiger partial charge in [-0.1, -0.05) is 23.2 Å². The van der Waals surface area contributed by atoms with E-state index < -0.39 is 5.97 Å². The number of rotatable bonds is 3. The van der Waals surface area contributed by atoms with Crippen LogP contribution in [-0.2, 0) is 4.79 Å². The van der Waals surface area contributed by atoms with Crippen molar-refractivity contribution in [3.05, 3.63) is 40.6 Å². The van der Waals surface area contributed by atoms with Crippen molar-refractivity contribution in [2.24, 2.45) is 5.92 Å². The standard InChI is InChI=1S/C16H16Cl2N2O2/c17-11-3-6-13(14(18)9-11)15-19-7-8-20(15)12-4-1-10(2-5-12)16(21)22/h3,6-10,12H,1-2,4-5H2,(H,21,22). The Bertz CT molecular complexity index is 691. The Kier molecular flexibility index (Phi) is 4.41. The number of carbonyl (C=O) groups is 1. The summed E-state index contributed by atoms with van der Waals surface area (Å²) in [6.45, 7) is 0. The van der Waals surface area contributed by atoms with Gasteiger partial charge in [0.1, 0.15) is 5.82 Å². The van der Waals surface area contributed by atoms with Crippen LogP contribution in [0, 0.1) is 5.92 Å². The van der Waals surface area contributed by atoms with Crippen LogP contribution in [-0.4, -0.2) is 20.6 Å². The van der Waals surface area contributed by atoms with Gasteiger partial charge < -0.3 is 9.67 Å². The van der Waals surface area contributed by atoms with Crippen LogP contribution in [0.25, 0.3) is 11.4 Å². The molecule has 1 heterocycles. The van der Waals surface area contributed by atoms with Crippen LogP contribution in [0.4, 0.5) is 0 Å². The van der Waals surface area contributed by atoms with Crippen LogP contribution < -0.4 is 0 Å². The number of aliphatic carboxylic acids is 1. The number of imidazole rings is 1. The molecule has 0 aliphatic heterocycles. The van der Waals surface area contributed by atoms with Gasteiger partial charge in [0, 0.05) is 29.0 Å². The molecule has 1 aliphatic carbocycles. The lowest BCUT2D eigenvalue weighted by atomic mass is 9.86. The number of carboxylic acid groups (broad SMARTS) is 1. The van der Waals surface area contributed by atoms with Crippen LogP contribution >= 0.6 is 23.2 Å². The van der Waals surface area contributed by atoms with Crippen molar-refractivity contribution in [2.75, 3.05) is 0 Å². The van der Waals surface area contributed by atoms with E-state index in [1.807, 2.05) is 12.3 Å². The summed E-state index contributed by atoms with van der Waals surface area (Å²) in [5.74, 6) is -0.104. The van der Waals surface area contributed by atoms with Gasteiger partial charge in [0.15, 0.2) is 0 Å². The van der Waals surface area contributed by atoms with E-state index in [2.05, 4.69) is 9.55 Å². The first-order valence-electron chi connectivity index (χ1n) is 7.27. The van der Waals surface area contributed by atoms with Crippen LogP contribution in [0.15, 0.2) is 30.6 Å². The molecular weight excluding hydrogens is 323 g/mol. The third-order valence-corrected chi connectivity index (χ3v) is 4.83. The molecule has 1 N–H and O–H groups in total. The van der Waals surface area contributed by atoms with Crippen molar-refractivity contribution < 1.29 is 9.90 Å². The van der Waals surface area contributed by atoms with Crippen LogP contribution in [0.1, 0.15) is 31.7 Å². The Hall–Kier alpha value is -1.52. The zero-order valence-electron chi connectivity index (χ0n) is 11.9. The van der Waals surface area contributed by atoms with E-state index >= 15 is 0 Å². The van der Waals surface area contributed by atoms with Gasteiger partial charge in [-0.25, -0.2) is 4.98 Å². The summed E-state index contributed by atoms with van der Waals surface area (Å²) in [6.07, 6.45) is 6.77. The van der Waals surface area contributed by atoms with Gasteiger partial charge in [0.05, 0.1) is 10.9 Å². The third-order valence-electron chi connectivity index (χ3n) is 4.28. The largest absolute Gasteiger partial charge is 0.481 e. The molecule has 3 rings (SSSR count). The fraction of sp³-hybridized carbons (Fsp3) is 0.375. The Morgan fingerprint density at radius 2 is 1.95 bits per heavy atom. The normalized spacial score (nSPS) is 21.7. The molecule has 0 unspecified atom stereocenters. The SMILES string of the molecule is O=C(O)C1CCC(n2ccnc2-c2ccc(Cl)cc2Cl)CC1. The topological polar surface area (TPSA) is 55.1 Å². The van der Waals surface area contributed by atoms with Gasteiger partial charge in [-0.05, 0) is 43.9 Å². The molecule has 0 saturated heterocycles. The predicted octanol–water partition coefficient (Wildman–Crippen LogP) is 4.67. The minimum Gasteiger partial charge on any atom is -0.481 e. The van der Waals surface area contributed by atoms with Gasteiger partial charge in [-0.3, -0.25) is 4.79 Å².